The number of aryl methyl sites for hydroxylation is 1. The molecule has 0 aliphatic rings. The van der Waals surface area contributed by atoms with Crippen LogP contribution in [-0.4, -0.2) is 21.9 Å². The van der Waals surface area contributed by atoms with Gasteiger partial charge in [-0.05, 0) is 55.3 Å². The molecule has 2 aromatic carbocycles. The van der Waals surface area contributed by atoms with E-state index in [1.54, 1.807) is 6.20 Å². The van der Waals surface area contributed by atoms with Crippen LogP contribution in [0.3, 0.4) is 0 Å². The summed E-state index contributed by atoms with van der Waals surface area (Å²) in [7, 11) is 1.99. The van der Waals surface area contributed by atoms with E-state index in [2.05, 4.69) is 20.9 Å². The summed E-state index contributed by atoms with van der Waals surface area (Å²) in [6.07, 6.45) is -0.739. The van der Waals surface area contributed by atoms with Gasteiger partial charge in [0.2, 0.25) is 5.89 Å². The lowest BCUT2D eigenvalue weighted by molar-refractivity contribution is -0.137. The maximum Gasteiger partial charge on any atom is 0.416 e. The zero-order chi connectivity index (χ0) is 21.3. The number of benzene rings is 2. The summed E-state index contributed by atoms with van der Waals surface area (Å²) in [5, 5.41) is 2.24. The molecule has 4 nitrogen and oxygen atoms in total. The molecule has 4 rings (SSSR count). The minimum atomic E-state index is -4.36. The zero-order valence-electron chi connectivity index (χ0n) is 16.6. The summed E-state index contributed by atoms with van der Waals surface area (Å²) in [4.78, 5) is 10.8. The summed E-state index contributed by atoms with van der Waals surface area (Å²) < 4.78 is 44.0. The van der Waals surface area contributed by atoms with Crippen molar-refractivity contribution in [3.63, 3.8) is 0 Å². The Morgan fingerprint density at radius 3 is 2.50 bits per heavy atom. The highest BCUT2D eigenvalue weighted by Gasteiger charge is 2.30. The van der Waals surface area contributed by atoms with E-state index in [1.165, 1.54) is 17.7 Å². The quantitative estimate of drug-likeness (QED) is 0.413. The van der Waals surface area contributed by atoms with Crippen LogP contribution in [0, 0.1) is 6.92 Å². The SMILES string of the molecule is Cc1oc(-c2ccc(C(F)(F)F)cc2)nc1CN(C)Cc1cccc2cnccc12. The van der Waals surface area contributed by atoms with Crippen LogP contribution in [0.1, 0.15) is 22.6 Å². The highest BCUT2D eigenvalue weighted by molar-refractivity contribution is 5.84. The molecular formula is C23H20F3N3O. The molecule has 4 aromatic rings. The molecule has 0 spiro atoms. The van der Waals surface area contributed by atoms with E-state index < -0.39 is 11.7 Å². The van der Waals surface area contributed by atoms with Crippen molar-refractivity contribution in [3.8, 4) is 11.5 Å². The number of rotatable bonds is 5. The first-order chi connectivity index (χ1) is 14.3. The molecule has 2 heterocycles. The van der Waals surface area contributed by atoms with Gasteiger partial charge in [-0.15, -0.1) is 0 Å². The van der Waals surface area contributed by atoms with Crippen LogP contribution in [0.2, 0.25) is 0 Å². The predicted octanol–water partition coefficient (Wildman–Crippen LogP) is 5.85. The van der Waals surface area contributed by atoms with E-state index in [-0.39, 0.29) is 0 Å². The van der Waals surface area contributed by atoms with Crippen molar-refractivity contribution in [2.75, 3.05) is 7.05 Å². The molecule has 0 saturated carbocycles. The number of nitrogens with zero attached hydrogens (tertiary/aromatic N) is 3. The first-order valence-corrected chi connectivity index (χ1v) is 9.45. The van der Waals surface area contributed by atoms with E-state index in [0.29, 0.717) is 30.3 Å². The van der Waals surface area contributed by atoms with Crippen LogP contribution >= 0.6 is 0 Å². The van der Waals surface area contributed by atoms with E-state index in [9.17, 15) is 13.2 Å². The number of fused-ring (bicyclic) bond motifs is 1. The lowest BCUT2D eigenvalue weighted by Crippen LogP contribution is -2.18. The third-order valence-electron chi connectivity index (χ3n) is 4.98. The first-order valence-electron chi connectivity index (χ1n) is 9.45. The highest BCUT2D eigenvalue weighted by Crippen LogP contribution is 2.31. The van der Waals surface area contributed by atoms with Gasteiger partial charge >= 0.3 is 6.18 Å². The first kappa shape index (κ1) is 20.1. The molecule has 0 aliphatic carbocycles. The van der Waals surface area contributed by atoms with Crippen LogP contribution in [-0.2, 0) is 19.3 Å². The second kappa shape index (κ2) is 7.91. The number of pyridine rings is 1. The Balaban J connectivity index is 1.51. The standard InChI is InChI=1S/C23H20F3N3O/c1-15-21(28-22(30-15)16-6-8-19(9-7-16)23(24,25)26)14-29(2)13-18-5-3-4-17-12-27-11-10-20(17)18/h3-12H,13-14H2,1-2H3. The second-order valence-electron chi connectivity index (χ2n) is 7.28. The lowest BCUT2D eigenvalue weighted by Gasteiger charge is -2.17. The van der Waals surface area contributed by atoms with Crippen LogP contribution in [0.4, 0.5) is 13.2 Å². The van der Waals surface area contributed by atoms with Crippen LogP contribution in [0.15, 0.2) is 65.3 Å². The third-order valence-corrected chi connectivity index (χ3v) is 4.98. The Bertz CT molecular complexity index is 1160. The summed E-state index contributed by atoms with van der Waals surface area (Å²) in [5.74, 6) is 0.972. The van der Waals surface area contributed by atoms with Crippen LogP contribution in [0.25, 0.3) is 22.2 Å². The van der Waals surface area contributed by atoms with E-state index in [4.69, 9.17) is 4.42 Å². The molecule has 0 radical (unpaired) electrons. The molecule has 0 fully saturated rings. The van der Waals surface area contributed by atoms with Crippen molar-refractivity contribution in [3.05, 3.63) is 83.5 Å². The maximum absolute atomic E-state index is 12.8. The van der Waals surface area contributed by atoms with Crippen molar-refractivity contribution < 1.29 is 17.6 Å². The largest absolute Gasteiger partial charge is 0.441 e. The average Bonchev–Trinajstić information content (AvgIpc) is 3.08. The fourth-order valence-electron chi connectivity index (χ4n) is 3.43. The van der Waals surface area contributed by atoms with Crippen molar-refractivity contribution in [1.29, 1.82) is 0 Å². The van der Waals surface area contributed by atoms with Gasteiger partial charge in [-0.2, -0.15) is 13.2 Å². The molecular weight excluding hydrogens is 391 g/mol. The van der Waals surface area contributed by atoms with Crippen molar-refractivity contribution in [2.45, 2.75) is 26.2 Å². The Hall–Kier alpha value is -3.19. The van der Waals surface area contributed by atoms with Gasteiger partial charge in [0.15, 0.2) is 0 Å². The van der Waals surface area contributed by atoms with Gasteiger partial charge in [-0.3, -0.25) is 9.88 Å². The summed E-state index contributed by atoms with van der Waals surface area (Å²) in [5.41, 5.74) is 1.76. The topological polar surface area (TPSA) is 42.2 Å². The number of hydrogen-bond acceptors (Lipinski definition) is 4. The molecule has 0 N–H and O–H groups in total. The number of hydrogen-bond donors (Lipinski definition) is 0. The molecule has 2 aromatic heterocycles. The van der Waals surface area contributed by atoms with Gasteiger partial charge in [-0.25, -0.2) is 4.98 Å². The molecule has 7 heteroatoms. The highest BCUT2D eigenvalue weighted by atomic mass is 19.4. The number of oxazole rings is 1. The molecule has 0 bridgehead atoms. The van der Waals surface area contributed by atoms with Gasteiger partial charge in [0.25, 0.3) is 0 Å². The Kier molecular flexibility index (Phi) is 5.30. The van der Waals surface area contributed by atoms with Crippen molar-refractivity contribution >= 4 is 10.8 Å². The third kappa shape index (κ3) is 4.21. The predicted molar refractivity (Wildman–Crippen MR) is 109 cm³/mol. The Labute approximate surface area is 172 Å². The molecule has 0 aliphatic heterocycles. The van der Waals surface area contributed by atoms with Crippen LogP contribution in [0.5, 0.6) is 0 Å². The van der Waals surface area contributed by atoms with Crippen LogP contribution < -0.4 is 0 Å². The molecule has 0 saturated heterocycles. The molecule has 154 valence electrons. The second-order valence-corrected chi connectivity index (χ2v) is 7.28. The van der Waals surface area contributed by atoms with Gasteiger partial charge in [-0.1, -0.05) is 18.2 Å². The summed E-state index contributed by atoms with van der Waals surface area (Å²) in [6.45, 7) is 3.08. The normalized spacial score (nSPS) is 12.1. The number of halogens is 3. The van der Waals surface area contributed by atoms with Crippen molar-refractivity contribution in [1.82, 2.24) is 14.9 Å². The fourth-order valence-corrected chi connectivity index (χ4v) is 3.43. The fraction of sp³-hybridized carbons (Fsp3) is 0.217. The monoisotopic (exact) mass is 411 g/mol. The van der Waals surface area contributed by atoms with Gasteiger partial charge < -0.3 is 4.42 Å². The van der Waals surface area contributed by atoms with E-state index in [0.717, 1.165) is 28.6 Å². The average molecular weight is 411 g/mol. The van der Waals surface area contributed by atoms with Gasteiger partial charge in [0.1, 0.15) is 5.76 Å². The molecule has 0 atom stereocenters. The summed E-state index contributed by atoms with van der Waals surface area (Å²) in [6, 6.07) is 13.0. The zero-order valence-corrected chi connectivity index (χ0v) is 16.6. The molecule has 30 heavy (non-hydrogen) atoms. The summed E-state index contributed by atoms with van der Waals surface area (Å²) >= 11 is 0. The van der Waals surface area contributed by atoms with E-state index >= 15 is 0 Å². The molecule has 0 unspecified atom stereocenters. The smallest absolute Gasteiger partial charge is 0.416 e. The number of alkyl halides is 3. The minimum absolute atomic E-state index is 0.320. The number of aromatic nitrogens is 2. The van der Waals surface area contributed by atoms with Crippen molar-refractivity contribution in [2.24, 2.45) is 0 Å². The maximum atomic E-state index is 12.8. The minimum Gasteiger partial charge on any atom is -0.441 e. The van der Waals surface area contributed by atoms with E-state index in [1.807, 2.05) is 38.4 Å². The lowest BCUT2D eigenvalue weighted by atomic mass is 10.1. The van der Waals surface area contributed by atoms with Gasteiger partial charge in [0.05, 0.1) is 11.3 Å². The Morgan fingerprint density at radius 2 is 1.77 bits per heavy atom. The van der Waals surface area contributed by atoms with Gasteiger partial charge in [0, 0.05) is 36.4 Å². The Morgan fingerprint density at radius 1 is 1.00 bits per heavy atom. The molecule has 0 amide bonds.